The molecule has 0 radical (unpaired) electrons. The smallest absolute Gasteiger partial charge is 0.222 e. The summed E-state index contributed by atoms with van der Waals surface area (Å²) in [5.74, 6) is 0.425. The number of unbranched alkanes of at least 4 members (excludes halogenated alkanes) is 16. The number of rotatable bonds is 22. The Morgan fingerprint density at radius 3 is 1.18 bits per heavy atom. The van der Waals surface area contributed by atoms with Crippen molar-refractivity contribution in [1.29, 1.82) is 0 Å². The minimum absolute atomic E-state index is 0.425. The normalized spacial score (nSPS) is 11.1. The number of hydrogen-bond donors (Lipinski definition) is 0. The fourth-order valence-corrected chi connectivity index (χ4v) is 3.92. The van der Waals surface area contributed by atoms with Gasteiger partial charge in [-0.25, -0.2) is 0 Å². The highest BCUT2D eigenvalue weighted by molar-refractivity contribution is 5.76. The van der Waals surface area contributed by atoms with E-state index in [9.17, 15) is 4.79 Å². The van der Waals surface area contributed by atoms with Crippen molar-refractivity contribution >= 4 is 5.91 Å². The van der Waals surface area contributed by atoms with Gasteiger partial charge in [0.2, 0.25) is 5.91 Å². The second-order valence-electron chi connectivity index (χ2n) is 8.79. The molecule has 0 saturated heterocycles. The number of carbonyl (C=O) groups is 1. The molecule has 0 aliphatic heterocycles. The fraction of sp³-hybridized carbons (Fsp3) is 0.962. The van der Waals surface area contributed by atoms with E-state index >= 15 is 0 Å². The lowest BCUT2D eigenvalue weighted by atomic mass is 10.1. The van der Waals surface area contributed by atoms with Crippen LogP contribution in [0.1, 0.15) is 149 Å². The number of nitrogens with zero attached hydrogens (tertiary/aromatic N) is 1. The van der Waals surface area contributed by atoms with Crippen molar-refractivity contribution in [3.63, 3.8) is 0 Å². The summed E-state index contributed by atoms with van der Waals surface area (Å²) in [6, 6.07) is 0. The third-order valence-corrected chi connectivity index (χ3v) is 5.91. The van der Waals surface area contributed by atoms with Gasteiger partial charge in [0.1, 0.15) is 0 Å². The Hall–Kier alpha value is -0.530. The van der Waals surface area contributed by atoms with Crippen molar-refractivity contribution in [3.05, 3.63) is 0 Å². The van der Waals surface area contributed by atoms with Crippen LogP contribution >= 0.6 is 0 Å². The number of amides is 1. The predicted octanol–water partition coefficient (Wildman–Crippen LogP) is 8.68. The first-order valence-electron chi connectivity index (χ1n) is 13.0. The molecule has 0 rings (SSSR count). The van der Waals surface area contributed by atoms with Crippen LogP contribution in [0.5, 0.6) is 0 Å². The second-order valence-corrected chi connectivity index (χ2v) is 8.79. The summed E-state index contributed by atoms with van der Waals surface area (Å²) in [6.07, 6.45) is 25.5. The maximum atomic E-state index is 12.7. The lowest BCUT2D eigenvalue weighted by molar-refractivity contribution is -0.131. The maximum absolute atomic E-state index is 12.7. The summed E-state index contributed by atoms with van der Waals surface area (Å²) in [5, 5.41) is 0. The summed E-state index contributed by atoms with van der Waals surface area (Å²) in [5.41, 5.74) is 0. The third kappa shape index (κ3) is 18.8. The van der Waals surface area contributed by atoms with Crippen LogP contribution in [-0.4, -0.2) is 23.9 Å². The van der Waals surface area contributed by atoms with Crippen LogP contribution in [0.4, 0.5) is 0 Å². The van der Waals surface area contributed by atoms with Gasteiger partial charge < -0.3 is 4.90 Å². The van der Waals surface area contributed by atoms with Crippen molar-refractivity contribution in [2.24, 2.45) is 0 Å². The molecule has 0 spiro atoms. The van der Waals surface area contributed by atoms with Gasteiger partial charge in [-0.2, -0.15) is 0 Å². The third-order valence-electron chi connectivity index (χ3n) is 5.91. The quantitative estimate of drug-likeness (QED) is 0.168. The molecular weight excluding hydrogens is 342 g/mol. The van der Waals surface area contributed by atoms with Crippen LogP contribution in [0.2, 0.25) is 0 Å². The molecule has 0 N–H and O–H groups in total. The van der Waals surface area contributed by atoms with E-state index in [-0.39, 0.29) is 0 Å². The molecule has 0 aromatic carbocycles. The monoisotopic (exact) mass is 395 g/mol. The largest absolute Gasteiger partial charge is 0.343 e. The Morgan fingerprint density at radius 2 is 0.786 bits per heavy atom. The predicted molar refractivity (Wildman–Crippen MR) is 126 cm³/mol. The first kappa shape index (κ1) is 27.5. The Kier molecular flexibility index (Phi) is 22.3. The first-order chi connectivity index (χ1) is 13.8. The van der Waals surface area contributed by atoms with Crippen molar-refractivity contribution in [2.75, 3.05) is 13.1 Å². The van der Waals surface area contributed by atoms with E-state index in [1.807, 2.05) is 0 Å². The Labute approximate surface area is 178 Å². The van der Waals surface area contributed by atoms with Crippen LogP contribution in [0.25, 0.3) is 0 Å². The fourth-order valence-electron chi connectivity index (χ4n) is 3.92. The Balaban J connectivity index is 4.02. The highest BCUT2D eigenvalue weighted by Crippen LogP contribution is 2.12. The summed E-state index contributed by atoms with van der Waals surface area (Å²) < 4.78 is 0. The molecular formula is C26H53NO. The van der Waals surface area contributed by atoms with Gasteiger partial charge in [-0.3, -0.25) is 4.79 Å². The molecule has 0 aromatic rings. The van der Waals surface area contributed by atoms with Crippen molar-refractivity contribution in [1.82, 2.24) is 4.90 Å². The van der Waals surface area contributed by atoms with Gasteiger partial charge in [0.15, 0.2) is 0 Å². The van der Waals surface area contributed by atoms with E-state index < -0.39 is 0 Å². The van der Waals surface area contributed by atoms with Gasteiger partial charge in [0.25, 0.3) is 0 Å². The SMILES string of the molecule is CCCCCCCCCN(CCCCCCCCC)C(=O)CCCCCCC. The second kappa shape index (κ2) is 22.8. The topological polar surface area (TPSA) is 20.3 Å². The van der Waals surface area contributed by atoms with E-state index in [1.165, 1.54) is 116 Å². The number of hydrogen-bond acceptors (Lipinski definition) is 1. The molecule has 1 amide bonds. The highest BCUT2D eigenvalue weighted by atomic mass is 16.2. The van der Waals surface area contributed by atoms with Crippen LogP contribution in [0.3, 0.4) is 0 Å². The summed E-state index contributed by atoms with van der Waals surface area (Å²) in [7, 11) is 0. The van der Waals surface area contributed by atoms with Crippen LogP contribution < -0.4 is 0 Å². The van der Waals surface area contributed by atoms with E-state index in [0.717, 1.165) is 25.9 Å². The summed E-state index contributed by atoms with van der Waals surface area (Å²) in [4.78, 5) is 14.9. The van der Waals surface area contributed by atoms with Crippen LogP contribution in [-0.2, 0) is 4.79 Å². The molecule has 0 atom stereocenters. The molecule has 0 saturated carbocycles. The average Bonchev–Trinajstić information content (AvgIpc) is 2.70. The van der Waals surface area contributed by atoms with Crippen molar-refractivity contribution < 1.29 is 4.79 Å². The molecule has 28 heavy (non-hydrogen) atoms. The minimum Gasteiger partial charge on any atom is -0.343 e. The van der Waals surface area contributed by atoms with Gasteiger partial charge in [0, 0.05) is 19.5 Å². The van der Waals surface area contributed by atoms with Gasteiger partial charge in [0.05, 0.1) is 0 Å². The molecule has 0 aliphatic rings. The molecule has 0 aliphatic carbocycles. The average molecular weight is 396 g/mol. The molecule has 0 unspecified atom stereocenters. The molecule has 2 heteroatoms. The van der Waals surface area contributed by atoms with Crippen LogP contribution in [0.15, 0.2) is 0 Å². The summed E-state index contributed by atoms with van der Waals surface area (Å²) in [6.45, 7) is 8.79. The molecule has 168 valence electrons. The molecule has 0 aromatic heterocycles. The minimum atomic E-state index is 0.425. The molecule has 2 nitrogen and oxygen atoms in total. The first-order valence-corrected chi connectivity index (χ1v) is 13.0. The molecule has 0 heterocycles. The standard InChI is InChI=1S/C26H53NO/c1-4-7-10-13-15-18-21-24-27(25-22-19-16-14-11-8-5-2)26(28)23-20-17-12-9-6-3/h4-25H2,1-3H3. The Morgan fingerprint density at radius 1 is 0.464 bits per heavy atom. The van der Waals surface area contributed by atoms with Crippen molar-refractivity contribution in [3.8, 4) is 0 Å². The van der Waals surface area contributed by atoms with E-state index in [4.69, 9.17) is 0 Å². The maximum Gasteiger partial charge on any atom is 0.222 e. The van der Waals surface area contributed by atoms with E-state index in [0.29, 0.717) is 5.91 Å². The molecule has 0 bridgehead atoms. The van der Waals surface area contributed by atoms with Gasteiger partial charge in [-0.15, -0.1) is 0 Å². The van der Waals surface area contributed by atoms with Gasteiger partial charge >= 0.3 is 0 Å². The van der Waals surface area contributed by atoms with E-state index in [1.54, 1.807) is 0 Å². The van der Waals surface area contributed by atoms with Gasteiger partial charge in [-0.05, 0) is 19.3 Å². The Bertz CT molecular complexity index is 298. The van der Waals surface area contributed by atoms with Gasteiger partial charge in [-0.1, -0.05) is 124 Å². The van der Waals surface area contributed by atoms with Crippen LogP contribution in [0, 0.1) is 0 Å². The lowest BCUT2D eigenvalue weighted by Crippen LogP contribution is -2.32. The number of carbonyl (C=O) groups excluding carboxylic acids is 1. The summed E-state index contributed by atoms with van der Waals surface area (Å²) >= 11 is 0. The van der Waals surface area contributed by atoms with E-state index in [2.05, 4.69) is 25.7 Å². The zero-order valence-electron chi connectivity index (χ0n) is 19.9. The molecule has 0 fully saturated rings. The lowest BCUT2D eigenvalue weighted by Gasteiger charge is -2.23. The highest BCUT2D eigenvalue weighted by Gasteiger charge is 2.12. The zero-order valence-corrected chi connectivity index (χ0v) is 19.9. The zero-order chi connectivity index (χ0) is 20.7. The van der Waals surface area contributed by atoms with Crippen molar-refractivity contribution in [2.45, 2.75) is 149 Å².